The van der Waals surface area contributed by atoms with E-state index in [-0.39, 0.29) is 5.60 Å². The van der Waals surface area contributed by atoms with Crippen molar-refractivity contribution < 1.29 is 9.47 Å². The third kappa shape index (κ3) is 5.87. The van der Waals surface area contributed by atoms with E-state index in [1.54, 1.807) is 0 Å². The van der Waals surface area contributed by atoms with Gasteiger partial charge in [0.1, 0.15) is 0 Å². The van der Waals surface area contributed by atoms with Gasteiger partial charge in [-0.2, -0.15) is 0 Å². The lowest BCUT2D eigenvalue weighted by Crippen LogP contribution is -2.39. The van der Waals surface area contributed by atoms with Gasteiger partial charge in [-0.3, -0.25) is 0 Å². The van der Waals surface area contributed by atoms with Crippen molar-refractivity contribution in [2.45, 2.75) is 83.3 Å². The van der Waals surface area contributed by atoms with Gasteiger partial charge in [-0.15, -0.1) is 0 Å². The van der Waals surface area contributed by atoms with Gasteiger partial charge in [0, 0.05) is 20.1 Å². The highest BCUT2D eigenvalue weighted by molar-refractivity contribution is 4.83. The third-order valence-corrected chi connectivity index (χ3v) is 4.02. The van der Waals surface area contributed by atoms with Crippen LogP contribution < -0.4 is 0 Å². The van der Waals surface area contributed by atoms with E-state index in [0.29, 0.717) is 6.10 Å². The maximum absolute atomic E-state index is 5.82. The van der Waals surface area contributed by atoms with Gasteiger partial charge in [0.2, 0.25) is 0 Å². The highest BCUT2D eigenvalue weighted by atomic mass is 16.5. The number of unbranched alkanes of at least 4 members (excludes halogenated alkanes) is 5. The van der Waals surface area contributed by atoms with Gasteiger partial charge in [0.05, 0.1) is 11.7 Å². The molecule has 1 saturated heterocycles. The largest absolute Gasteiger partial charge is 0.378 e. The summed E-state index contributed by atoms with van der Waals surface area (Å²) in [4.78, 5) is 0. The summed E-state index contributed by atoms with van der Waals surface area (Å²) < 4.78 is 11.4. The van der Waals surface area contributed by atoms with E-state index in [0.717, 1.165) is 19.4 Å². The van der Waals surface area contributed by atoms with Crippen molar-refractivity contribution in [3.05, 3.63) is 0 Å². The molecule has 1 aliphatic rings. The SMILES string of the molecule is CCCCCCCCC1CC(C)(OC)CCO1. The number of hydrogen-bond acceptors (Lipinski definition) is 2. The van der Waals surface area contributed by atoms with Crippen molar-refractivity contribution in [2.75, 3.05) is 13.7 Å². The molecule has 0 aromatic heterocycles. The average Bonchev–Trinajstić information content (AvgIpc) is 2.34. The van der Waals surface area contributed by atoms with Crippen molar-refractivity contribution in [3.8, 4) is 0 Å². The summed E-state index contributed by atoms with van der Waals surface area (Å²) in [6.45, 7) is 5.34. The molecule has 0 N–H and O–H groups in total. The normalized spacial score (nSPS) is 29.5. The Kier molecular flexibility index (Phi) is 7.14. The fourth-order valence-electron chi connectivity index (χ4n) is 2.61. The Balaban J connectivity index is 2.06. The lowest BCUT2D eigenvalue weighted by molar-refractivity contribution is -0.114. The molecule has 0 spiro atoms. The first-order chi connectivity index (χ1) is 8.20. The van der Waals surface area contributed by atoms with Gasteiger partial charge in [-0.1, -0.05) is 45.4 Å². The molecule has 2 unspecified atom stereocenters. The van der Waals surface area contributed by atoms with Crippen LogP contribution in [0.15, 0.2) is 0 Å². The standard InChI is InChI=1S/C15H30O2/c1-4-5-6-7-8-9-10-14-13-15(2,16-3)11-12-17-14/h14H,4-13H2,1-3H3. The summed E-state index contributed by atoms with van der Waals surface area (Å²) in [5.74, 6) is 0. The Bertz CT molecular complexity index is 193. The first-order valence-corrected chi connectivity index (χ1v) is 7.37. The van der Waals surface area contributed by atoms with E-state index in [4.69, 9.17) is 9.47 Å². The Morgan fingerprint density at radius 3 is 2.59 bits per heavy atom. The van der Waals surface area contributed by atoms with Crippen LogP contribution in [0.2, 0.25) is 0 Å². The van der Waals surface area contributed by atoms with Crippen LogP contribution in [0, 0.1) is 0 Å². The van der Waals surface area contributed by atoms with E-state index in [1.807, 2.05) is 7.11 Å². The van der Waals surface area contributed by atoms with Gasteiger partial charge in [-0.25, -0.2) is 0 Å². The zero-order valence-corrected chi connectivity index (χ0v) is 12.0. The smallest absolute Gasteiger partial charge is 0.0697 e. The molecule has 17 heavy (non-hydrogen) atoms. The number of ether oxygens (including phenoxy) is 2. The van der Waals surface area contributed by atoms with E-state index in [1.165, 1.54) is 44.9 Å². The molecule has 0 bridgehead atoms. The maximum Gasteiger partial charge on any atom is 0.0697 e. The van der Waals surface area contributed by atoms with Crippen molar-refractivity contribution in [2.24, 2.45) is 0 Å². The minimum absolute atomic E-state index is 0.0606. The summed E-state index contributed by atoms with van der Waals surface area (Å²) >= 11 is 0. The van der Waals surface area contributed by atoms with Crippen molar-refractivity contribution in [1.82, 2.24) is 0 Å². The quantitative estimate of drug-likeness (QED) is 0.590. The molecule has 102 valence electrons. The lowest BCUT2D eigenvalue weighted by Gasteiger charge is -2.37. The van der Waals surface area contributed by atoms with Crippen LogP contribution in [0.3, 0.4) is 0 Å². The highest BCUT2D eigenvalue weighted by Gasteiger charge is 2.32. The first kappa shape index (κ1) is 15.0. The van der Waals surface area contributed by atoms with Gasteiger partial charge >= 0.3 is 0 Å². The predicted octanol–water partition coefficient (Wildman–Crippen LogP) is 4.32. The molecule has 0 aromatic carbocycles. The van der Waals surface area contributed by atoms with Crippen LogP contribution in [0.5, 0.6) is 0 Å². The summed E-state index contributed by atoms with van der Waals surface area (Å²) in [6.07, 6.45) is 11.9. The second kappa shape index (κ2) is 8.10. The van der Waals surface area contributed by atoms with Crippen LogP contribution in [-0.4, -0.2) is 25.4 Å². The van der Waals surface area contributed by atoms with E-state index < -0.39 is 0 Å². The monoisotopic (exact) mass is 242 g/mol. The molecule has 1 fully saturated rings. The molecule has 1 heterocycles. The Labute approximate surface area is 107 Å². The Morgan fingerprint density at radius 1 is 1.18 bits per heavy atom. The van der Waals surface area contributed by atoms with Crippen LogP contribution in [0.1, 0.15) is 71.6 Å². The number of rotatable bonds is 8. The van der Waals surface area contributed by atoms with Gasteiger partial charge in [-0.05, 0) is 19.8 Å². The average molecular weight is 242 g/mol. The van der Waals surface area contributed by atoms with Crippen molar-refractivity contribution in [3.63, 3.8) is 0 Å². The van der Waals surface area contributed by atoms with E-state index in [9.17, 15) is 0 Å². The highest BCUT2D eigenvalue weighted by Crippen LogP contribution is 2.29. The van der Waals surface area contributed by atoms with Gasteiger partial charge < -0.3 is 9.47 Å². The molecule has 0 aliphatic carbocycles. The second-order valence-corrected chi connectivity index (χ2v) is 5.66. The van der Waals surface area contributed by atoms with E-state index >= 15 is 0 Å². The van der Waals surface area contributed by atoms with Crippen LogP contribution in [-0.2, 0) is 9.47 Å². The van der Waals surface area contributed by atoms with Crippen LogP contribution in [0.4, 0.5) is 0 Å². The van der Waals surface area contributed by atoms with Crippen molar-refractivity contribution in [1.29, 1.82) is 0 Å². The molecular weight excluding hydrogens is 212 g/mol. The molecule has 0 aromatic rings. The van der Waals surface area contributed by atoms with Gasteiger partial charge in [0.15, 0.2) is 0 Å². The first-order valence-electron chi connectivity index (χ1n) is 7.37. The zero-order chi connectivity index (χ0) is 12.6. The minimum Gasteiger partial charge on any atom is -0.378 e. The van der Waals surface area contributed by atoms with Crippen LogP contribution in [0.25, 0.3) is 0 Å². The zero-order valence-electron chi connectivity index (χ0n) is 12.0. The molecule has 2 atom stereocenters. The molecule has 0 amide bonds. The van der Waals surface area contributed by atoms with E-state index in [2.05, 4.69) is 13.8 Å². The minimum atomic E-state index is 0.0606. The maximum atomic E-state index is 5.82. The lowest BCUT2D eigenvalue weighted by atomic mass is 9.90. The molecule has 0 radical (unpaired) electrons. The summed E-state index contributed by atoms with van der Waals surface area (Å²) in [7, 11) is 1.83. The number of methoxy groups -OCH3 is 1. The third-order valence-electron chi connectivity index (χ3n) is 4.02. The topological polar surface area (TPSA) is 18.5 Å². The summed E-state index contributed by atoms with van der Waals surface area (Å²) in [6, 6.07) is 0. The molecule has 2 nitrogen and oxygen atoms in total. The predicted molar refractivity (Wildman–Crippen MR) is 72.4 cm³/mol. The van der Waals surface area contributed by atoms with Crippen molar-refractivity contribution >= 4 is 0 Å². The fourth-order valence-corrected chi connectivity index (χ4v) is 2.61. The number of hydrogen-bond donors (Lipinski definition) is 0. The van der Waals surface area contributed by atoms with Crippen LogP contribution >= 0.6 is 0 Å². The second-order valence-electron chi connectivity index (χ2n) is 5.66. The summed E-state index contributed by atoms with van der Waals surface area (Å²) in [5.41, 5.74) is 0.0606. The molecule has 1 aliphatic heterocycles. The molecule has 0 saturated carbocycles. The molecule has 1 rings (SSSR count). The Hall–Kier alpha value is -0.0800. The fraction of sp³-hybridized carbons (Fsp3) is 1.00. The Morgan fingerprint density at radius 2 is 1.88 bits per heavy atom. The van der Waals surface area contributed by atoms with Gasteiger partial charge in [0.25, 0.3) is 0 Å². The molecule has 2 heteroatoms. The molecular formula is C15H30O2. The summed E-state index contributed by atoms with van der Waals surface area (Å²) in [5, 5.41) is 0.